The molecule has 10 heteroatoms. The summed E-state index contributed by atoms with van der Waals surface area (Å²) < 4.78 is 40.3. The normalized spacial score (nSPS) is 17.7. The van der Waals surface area contributed by atoms with Crippen LogP contribution in [0.25, 0.3) is 0 Å². The van der Waals surface area contributed by atoms with E-state index in [0.717, 1.165) is 11.1 Å². The van der Waals surface area contributed by atoms with Crippen molar-refractivity contribution in [1.82, 2.24) is 14.8 Å². The number of hydrogen-bond donors (Lipinski definition) is 1. The molecule has 2 N–H and O–H groups in total. The van der Waals surface area contributed by atoms with Crippen LogP contribution in [0.3, 0.4) is 0 Å². The number of amides is 2. The Balaban J connectivity index is 1.57. The Morgan fingerprint density at radius 3 is 2.48 bits per heavy atom. The van der Waals surface area contributed by atoms with Crippen molar-refractivity contribution >= 4 is 23.2 Å². The predicted molar refractivity (Wildman–Crippen MR) is 111 cm³/mol. The highest BCUT2D eigenvalue weighted by Gasteiger charge is 2.32. The van der Waals surface area contributed by atoms with Crippen LogP contribution in [0, 0.1) is 31.3 Å². The van der Waals surface area contributed by atoms with Crippen LogP contribution in [0.5, 0.6) is 0 Å². The lowest BCUT2D eigenvalue weighted by molar-refractivity contribution is -0.134. The summed E-state index contributed by atoms with van der Waals surface area (Å²) >= 11 is 1.36. The van der Waals surface area contributed by atoms with Gasteiger partial charge >= 0.3 is 0 Å². The van der Waals surface area contributed by atoms with Crippen molar-refractivity contribution in [3.05, 3.63) is 50.7 Å². The molecular formula is C21H25F3N4O2S. The van der Waals surface area contributed by atoms with E-state index in [1.165, 1.54) is 11.3 Å². The second-order valence-electron chi connectivity index (χ2n) is 7.86. The fourth-order valence-corrected chi connectivity index (χ4v) is 4.65. The molecule has 168 valence electrons. The number of nitrogens with zero attached hydrogens (tertiary/aromatic N) is 3. The highest BCUT2D eigenvalue weighted by Crippen LogP contribution is 2.22. The lowest BCUT2D eigenvalue weighted by atomic mass is 10.0. The van der Waals surface area contributed by atoms with E-state index in [1.807, 2.05) is 13.8 Å². The van der Waals surface area contributed by atoms with Crippen LogP contribution in [-0.4, -0.2) is 58.3 Å². The maximum atomic E-state index is 13.8. The number of piperazine rings is 1. The molecule has 1 aromatic heterocycles. The summed E-state index contributed by atoms with van der Waals surface area (Å²) in [5, 5.41) is 0.828. The van der Waals surface area contributed by atoms with Crippen molar-refractivity contribution in [2.24, 2.45) is 5.73 Å². The lowest BCUT2D eigenvalue weighted by Crippen LogP contribution is -2.56. The highest BCUT2D eigenvalue weighted by atomic mass is 32.1. The van der Waals surface area contributed by atoms with Gasteiger partial charge in [0.1, 0.15) is 10.7 Å². The molecule has 0 aliphatic carbocycles. The fraction of sp³-hybridized carbons (Fsp3) is 0.476. The summed E-state index contributed by atoms with van der Waals surface area (Å²) in [7, 11) is 0. The molecule has 1 fully saturated rings. The van der Waals surface area contributed by atoms with Gasteiger partial charge in [-0.05, 0) is 38.8 Å². The first-order chi connectivity index (χ1) is 14.6. The Bertz CT molecular complexity index is 997. The molecule has 31 heavy (non-hydrogen) atoms. The monoisotopic (exact) mass is 454 g/mol. The molecule has 0 saturated carbocycles. The van der Waals surface area contributed by atoms with Gasteiger partial charge in [-0.25, -0.2) is 18.2 Å². The van der Waals surface area contributed by atoms with Crippen LogP contribution in [0.4, 0.5) is 13.2 Å². The van der Waals surface area contributed by atoms with Gasteiger partial charge in [-0.15, -0.1) is 11.3 Å². The van der Waals surface area contributed by atoms with E-state index < -0.39 is 23.5 Å². The van der Waals surface area contributed by atoms with E-state index in [0.29, 0.717) is 36.3 Å². The fourth-order valence-electron chi connectivity index (χ4n) is 3.77. The number of thiazole rings is 1. The molecule has 2 atom stereocenters. The third-order valence-electron chi connectivity index (χ3n) is 5.35. The number of rotatable bonds is 5. The second-order valence-corrected chi connectivity index (χ2v) is 9.06. The molecule has 3 rings (SSSR count). The Labute approximate surface area is 182 Å². The average Bonchev–Trinajstić information content (AvgIpc) is 3.03. The number of halogens is 3. The molecule has 0 radical (unpaired) electrons. The van der Waals surface area contributed by atoms with Gasteiger partial charge in [0.2, 0.25) is 5.91 Å². The van der Waals surface area contributed by atoms with Crippen molar-refractivity contribution in [2.75, 3.05) is 19.6 Å². The molecule has 2 amide bonds. The minimum Gasteiger partial charge on any atom is -0.339 e. The third kappa shape index (κ3) is 5.24. The van der Waals surface area contributed by atoms with Gasteiger partial charge in [0, 0.05) is 44.2 Å². The Morgan fingerprint density at radius 1 is 1.19 bits per heavy atom. The molecule has 0 bridgehead atoms. The van der Waals surface area contributed by atoms with Crippen LogP contribution in [0.1, 0.15) is 39.3 Å². The lowest BCUT2D eigenvalue weighted by Gasteiger charge is -2.40. The van der Waals surface area contributed by atoms with Crippen molar-refractivity contribution in [2.45, 2.75) is 45.7 Å². The van der Waals surface area contributed by atoms with Crippen molar-refractivity contribution < 1.29 is 22.8 Å². The first-order valence-electron chi connectivity index (χ1n) is 9.98. The van der Waals surface area contributed by atoms with Crippen molar-refractivity contribution in [3.63, 3.8) is 0 Å². The number of aromatic nitrogens is 1. The molecule has 0 spiro atoms. The number of benzene rings is 1. The largest absolute Gasteiger partial charge is 0.339 e. The number of hydrogen-bond acceptors (Lipinski definition) is 5. The van der Waals surface area contributed by atoms with E-state index in [4.69, 9.17) is 5.73 Å². The van der Waals surface area contributed by atoms with E-state index in [2.05, 4.69) is 4.98 Å². The molecule has 0 unspecified atom stereocenters. The number of aryl methyl sites for hydroxylation is 2. The molecule has 1 aromatic carbocycles. The number of nitrogens with two attached hydrogens (primary N) is 1. The molecule has 1 saturated heterocycles. The molecule has 2 heterocycles. The van der Waals surface area contributed by atoms with Gasteiger partial charge in [-0.2, -0.15) is 0 Å². The SMILES string of the molecule is Cc1nc(C)c(C(=O)N2CCN(C(=O)C[C@H](N)Cc3cc(F)c(F)cc3F)C[C@@H]2C)s1. The minimum absolute atomic E-state index is 0.0632. The Morgan fingerprint density at radius 2 is 1.87 bits per heavy atom. The first kappa shape index (κ1) is 23.2. The zero-order valence-electron chi connectivity index (χ0n) is 17.6. The van der Waals surface area contributed by atoms with Crippen LogP contribution in [0.2, 0.25) is 0 Å². The molecule has 6 nitrogen and oxygen atoms in total. The quantitative estimate of drug-likeness (QED) is 0.705. The summed E-state index contributed by atoms with van der Waals surface area (Å²) in [5.74, 6) is -3.63. The molecule has 2 aromatic rings. The van der Waals surface area contributed by atoms with E-state index in [-0.39, 0.29) is 36.3 Å². The third-order valence-corrected chi connectivity index (χ3v) is 6.41. The summed E-state index contributed by atoms with van der Waals surface area (Å²) in [4.78, 5) is 33.8. The van der Waals surface area contributed by atoms with E-state index in [1.54, 1.807) is 16.7 Å². The number of carbonyl (C=O) groups is 2. The van der Waals surface area contributed by atoms with Crippen LogP contribution in [-0.2, 0) is 11.2 Å². The van der Waals surface area contributed by atoms with Crippen LogP contribution >= 0.6 is 11.3 Å². The summed E-state index contributed by atoms with van der Waals surface area (Å²) in [6.45, 7) is 6.63. The van der Waals surface area contributed by atoms with E-state index in [9.17, 15) is 22.8 Å². The van der Waals surface area contributed by atoms with Crippen molar-refractivity contribution in [3.8, 4) is 0 Å². The van der Waals surface area contributed by atoms with E-state index >= 15 is 0 Å². The van der Waals surface area contributed by atoms with Gasteiger partial charge in [0.15, 0.2) is 11.6 Å². The van der Waals surface area contributed by atoms with Crippen molar-refractivity contribution in [1.29, 1.82) is 0 Å². The maximum Gasteiger partial charge on any atom is 0.266 e. The predicted octanol–water partition coefficient (Wildman–Crippen LogP) is 2.81. The molecular weight excluding hydrogens is 429 g/mol. The van der Waals surface area contributed by atoms with Gasteiger partial charge in [0.25, 0.3) is 5.91 Å². The summed E-state index contributed by atoms with van der Waals surface area (Å²) in [6, 6.07) is 0.310. The van der Waals surface area contributed by atoms with Gasteiger partial charge in [-0.1, -0.05) is 0 Å². The smallest absolute Gasteiger partial charge is 0.266 e. The summed E-state index contributed by atoms with van der Waals surface area (Å²) in [6.07, 6.45) is -0.154. The molecule has 1 aliphatic heterocycles. The Kier molecular flexibility index (Phi) is 7.00. The van der Waals surface area contributed by atoms with Gasteiger partial charge in [0.05, 0.1) is 10.7 Å². The van der Waals surface area contributed by atoms with Gasteiger partial charge < -0.3 is 15.5 Å². The Hall–Kier alpha value is -2.46. The zero-order valence-corrected chi connectivity index (χ0v) is 18.4. The zero-order chi connectivity index (χ0) is 22.9. The summed E-state index contributed by atoms with van der Waals surface area (Å²) in [5.41, 5.74) is 6.61. The average molecular weight is 455 g/mol. The first-order valence-corrected chi connectivity index (χ1v) is 10.8. The second kappa shape index (κ2) is 9.35. The van der Waals surface area contributed by atoms with Crippen LogP contribution < -0.4 is 5.73 Å². The highest BCUT2D eigenvalue weighted by molar-refractivity contribution is 7.13. The standard InChI is InChI=1S/C21H25F3N4O2S/c1-11-10-27(4-5-28(11)21(30)20-12(2)26-13(3)31-20)19(29)8-15(25)6-14-7-17(23)18(24)9-16(14)22/h7,9,11,15H,4-6,8,10,25H2,1-3H3/t11-,15+/m0/s1. The number of carbonyl (C=O) groups excluding carboxylic acids is 2. The minimum atomic E-state index is -1.27. The molecule has 1 aliphatic rings. The van der Waals surface area contributed by atoms with Crippen LogP contribution in [0.15, 0.2) is 12.1 Å². The topological polar surface area (TPSA) is 79.5 Å². The van der Waals surface area contributed by atoms with Gasteiger partial charge in [-0.3, -0.25) is 9.59 Å². The maximum absolute atomic E-state index is 13.8.